The first kappa shape index (κ1) is 22.3. The Morgan fingerprint density at radius 2 is 1.84 bits per heavy atom. The predicted molar refractivity (Wildman–Crippen MR) is 125 cm³/mol. The zero-order valence-corrected chi connectivity index (χ0v) is 19.2. The summed E-state index contributed by atoms with van der Waals surface area (Å²) in [5.74, 6) is 0.479. The lowest BCUT2D eigenvalue weighted by molar-refractivity contribution is 0.398. The van der Waals surface area contributed by atoms with E-state index in [1.807, 2.05) is 20.2 Å². The molecule has 0 bridgehead atoms. The van der Waals surface area contributed by atoms with E-state index in [0.717, 1.165) is 34.4 Å². The highest BCUT2D eigenvalue weighted by Crippen LogP contribution is 2.44. The van der Waals surface area contributed by atoms with Gasteiger partial charge < -0.3 is 9.88 Å². The minimum Gasteiger partial charge on any atom is -0.342 e. The van der Waals surface area contributed by atoms with Gasteiger partial charge in [0.15, 0.2) is 0 Å². The lowest BCUT2D eigenvalue weighted by Gasteiger charge is -2.39. The van der Waals surface area contributed by atoms with Crippen LogP contribution in [0, 0.1) is 0 Å². The molecule has 1 aliphatic rings. The quantitative estimate of drug-likeness (QED) is 0.444. The SMILES string of the molecule is CN(C)Cc1cc2c(-c3ccc(S(=O)(=O)NC4CCS(O)(O)CC4)cc3)ccnc2[nH]1. The number of sulfonamides is 1. The molecule has 8 nitrogen and oxygen atoms in total. The minimum atomic E-state index is -3.68. The number of fused-ring (bicyclic) bond motifs is 1. The molecule has 1 aromatic carbocycles. The predicted octanol–water partition coefficient (Wildman–Crippen LogP) is 3.48. The van der Waals surface area contributed by atoms with Crippen LogP contribution in [0.5, 0.6) is 0 Å². The number of nitrogens with zero attached hydrogens (tertiary/aromatic N) is 2. The van der Waals surface area contributed by atoms with Crippen molar-refractivity contribution in [3.8, 4) is 11.1 Å². The van der Waals surface area contributed by atoms with Crippen molar-refractivity contribution in [2.45, 2.75) is 30.3 Å². The lowest BCUT2D eigenvalue weighted by Crippen LogP contribution is -2.39. The first-order chi connectivity index (χ1) is 14.6. The second kappa shape index (κ2) is 8.53. The van der Waals surface area contributed by atoms with Crippen molar-refractivity contribution in [1.29, 1.82) is 0 Å². The summed E-state index contributed by atoms with van der Waals surface area (Å²) in [6.45, 7) is 0.773. The van der Waals surface area contributed by atoms with Crippen molar-refractivity contribution in [1.82, 2.24) is 19.6 Å². The third kappa shape index (κ3) is 5.11. The van der Waals surface area contributed by atoms with Crippen LogP contribution in [0.4, 0.5) is 0 Å². The van der Waals surface area contributed by atoms with E-state index in [-0.39, 0.29) is 22.4 Å². The Balaban J connectivity index is 1.55. The van der Waals surface area contributed by atoms with E-state index >= 15 is 0 Å². The van der Waals surface area contributed by atoms with Gasteiger partial charge in [0.25, 0.3) is 0 Å². The molecule has 3 heterocycles. The average molecular weight is 465 g/mol. The highest BCUT2D eigenvalue weighted by molar-refractivity contribution is 8.24. The maximum atomic E-state index is 12.8. The molecule has 0 spiro atoms. The molecule has 0 radical (unpaired) electrons. The first-order valence-electron chi connectivity index (χ1n) is 10.1. The number of aromatic nitrogens is 2. The summed E-state index contributed by atoms with van der Waals surface area (Å²) in [5.41, 5.74) is 3.76. The van der Waals surface area contributed by atoms with Crippen LogP contribution in [0.2, 0.25) is 0 Å². The normalized spacial score (nSPS) is 18.5. The Morgan fingerprint density at radius 1 is 1.16 bits per heavy atom. The Bertz CT molecular complexity index is 1160. The van der Waals surface area contributed by atoms with E-state index in [0.29, 0.717) is 12.8 Å². The second-order valence-electron chi connectivity index (χ2n) is 8.28. The zero-order valence-electron chi connectivity index (χ0n) is 17.6. The molecule has 0 saturated carbocycles. The molecule has 0 amide bonds. The summed E-state index contributed by atoms with van der Waals surface area (Å²) >= 11 is 0. The molecule has 4 rings (SSSR count). The first-order valence-corrected chi connectivity index (χ1v) is 13.5. The third-order valence-corrected chi connectivity index (χ3v) is 8.77. The van der Waals surface area contributed by atoms with Crippen molar-refractivity contribution in [3.05, 3.63) is 48.3 Å². The van der Waals surface area contributed by atoms with Gasteiger partial charge in [-0.05, 0) is 62.3 Å². The van der Waals surface area contributed by atoms with E-state index in [1.54, 1.807) is 30.5 Å². The maximum Gasteiger partial charge on any atom is 0.240 e. The van der Waals surface area contributed by atoms with E-state index in [2.05, 4.69) is 25.7 Å². The molecule has 0 atom stereocenters. The monoisotopic (exact) mass is 464 g/mol. The van der Waals surface area contributed by atoms with Crippen molar-refractivity contribution in [3.63, 3.8) is 0 Å². The van der Waals surface area contributed by atoms with Gasteiger partial charge in [0.05, 0.1) is 4.90 Å². The number of rotatable bonds is 6. The largest absolute Gasteiger partial charge is 0.342 e. The highest BCUT2D eigenvalue weighted by atomic mass is 32.3. The van der Waals surface area contributed by atoms with Gasteiger partial charge in [-0.3, -0.25) is 9.11 Å². The van der Waals surface area contributed by atoms with Gasteiger partial charge in [0.2, 0.25) is 10.0 Å². The lowest BCUT2D eigenvalue weighted by atomic mass is 10.0. The van der Waals surface area contributed by atoms with Gasteiger partial charge in [0.1, 0.15) is 5.65 Å². The molecule has 31 heavy (non-hydrogen) atoms. The van der Waals surface area contributed by atoms with Crippen molar-refractivity contribution < 1.29 is 17.5 Å². The van der Waals surface area contributed by atoms with Crippen LogP contribution < -0.4 is 4.72 Å². The van der Waals surface area contributed by atoms with Crippen LogP contribution in [0.1, 0.15) is 18.5 Å². The summed E-state index contributed by atoms with van der Waals surface area (Å²) in [4.78, 5) is 10.0. The number of hydrogen-bond acceptors (Lipinski definition) is 6. The summed E-state index contributed by atoms with van der Waals surface area (Å²) in [6, 6.07) is 10.6. The number of H-pyrrole nitrogens is 1. The molecule has 1 fully saturated rings. The van der Waals surface area contributed by atoms with Crippen LogP contribution in [0.25, 0.3) is 22.2 Å². The Labute approximate surface area is 184 Å². The molecule has 168 valence electrons. The van der Waals surface area contributed by atoms with Crippen molar-refractivity contribution >= 4 is 31.6 Å². The van der Waals surface area contributed by atoms with Gasteiger partial charge in [0, 0.05) is 41.4 Å². The Hall–Kier alpha value is -1.95. The minimum absolute atomic E-state index is 0.195. The summed E-state index contributed by atoms with van der Waals surface area (Å²) in [6.07, 6.45) is 2.60. The molecule has 0 aliphatic carbocycles. The molecule has 4 N–H and O–H groups in total. The van der Waals surface area contributed by atoms with Gasteiger partial charge in [-0.15, -0.1) is 0 Å². The van der Waals surface area contributed by atoms with E-state index in [4.69, 9.17) is 0 Å². The van der Waals surface area contributed by atoms with Crippen molar-refractivity contribution in [2.75, 3.05) is 25.6 Å². The fourth-order valence-electron chi connectivity index (χ4n) is 3.89. The van der Waals surface area contributed by atoms with Crippen molar-refractivity contribution in [2.24, 2.45) is 0 Å². The van der Waals surface area contributed by atoms with Crippen LogP contribution in [0.3, 0.4) is 0 Å². The van der Waals surface area contributed by atoms with E-state index in [1.165, 1.54) is 0 Å². The van der Waals surface area contributed by atoms with Gasteiger partial charge >= 0.3 is 0 Å². The molecular formula is C21H28N4O4S2. The fourth-order valence-corrected chi connectivity index (χ4v) is 6.72. The Kier molecular flexibility index (Phi) is 6.12. The zero-order chi connectivity index (χ0) is 22.2. The Morgan fingerprint density at radius 3 is 2.48 bits per heavy atom. The summed E-state index contributed by atoms with van der Waals surface area (Å²) < 4.78 is 47.7. The molecule has 2 aromatic heterocycles. The molecular weight excluding hydrogens is 436 g/mol. The number of benzene rings is 1. The third-order valence-electron chi connectivity index (χ3n) is 5.46. The fraction of sp³-hybridized carbons (Fsp3) is 0.381. The summed E-state index contributed by atoms with van der Waals surface area (Å²) in [5, 5.41) is 0.995. The summed E-state index contributed by atoms with van der Waals surface area (Å²) in [7, 11) is -2.21. The average Bonchev–Trinajstić information content (AvgIpc) is 3.11. The standard InChI is InChI=1S/C21H28N4O4S2/c1-25(2)14-17-13-20-19(7-10-22-21(20)23-17)15-3-5-18(6-4-15)31(28,29)24-16-8-11-30(26,27)12-9-16/h3-7,10,13,16,24,26-27H,8-9,11-12,14H2,1-2H3,(H,22,23). The van der Waals surface area contributed by atoms with Crippen LogP contribution in [0.15, 0.2) is 47.5 Å². The molecule has 1 aliphatic heterocycles. The second-order valence-corrected chi connectivity index (χ2v) is 12.4. The molecule has 0 unspecified atom stereocenters. The van der Waals surface area contributed by atoms with Gasteiger partial charge in [-0.1, -0.05) is 12.1 Å². The molecule has 3 aromatic rings. The highest BCUT2D eigenvalue weighted by Gasteiger charge is 2.27. The van der Waals surface area contributed by atoms with Gasteiger partial charge in [-0.2, -0.15) is 10.6 Å². The number of aromatic amines is 1. The maximum absolute atomic E-state index is 12.8. The van der Waals surface area contributed by atoms with Gasteiger partial charge in [-0.25, -0.2) is 18.1 Å². The number of hydrogen-bond donors (Lipinski definition) is 4. The topological polar surface area (TPSA) is 119 Å². The number of nitrogens with one attached hydrogen (secondary N) is 2. The van der Waals surface area contributed by atoms with E-state index in [9.17, 15) is 17.5 Å². The van der Waals surface area contributed by atoms with Crippen LogP contribution >= 0.6 is 10.6 Å². The molecule has 1 saturated heterocycles. The van der Waals surface area contributed by atoms with Crippen LogP contribution in [-0.4, -0.2) is 64.0 Å². The van der Waals surface area contributed by atoms with E-state index < -0.39 is 20.6 Å². The van der Waals surface area contributed by atoms with Crippen LogP contribution in [-0.2, 0) is 16.6 Å². The number of pyridine rings is 1. The molecule has 10 heteroatoms. The smallest absolute Gasteiger partial charge is 0.240 e.